The Morgan fingerprint density at radius 1 is 1.24 bits per heavy atom. The van der Waals surface area contributed by atoms with E-state index in [0.29, 0.717) is 17.9 Å². The van der Waals surface area contributed by atoms with Gasteiger partial charge in [0.2, 0.25) is 0 Å². The highest BCUT2D eigenvalue weighted by Crippen LogP contribution is 2.31. The van der Waals surface area contributed by atoms with Gasteiger partial charge in [-0.1, -0.05) is 0 Å². The standard InChI is InChI=1S/C14H9BrF3N3/c15-11-2-3-12(20-7-11)8-21-13-4-1-10(14(16,17)18)5-9(13)6-19/h1-5,7,21H,8H2. The Kier molecular flexibility index (Phi) is 4.48. The maximum absolute atomic E-state index is 12.6. The molecule has 1 aromatic heterocycles. The van der Waals surface area contributed by atoms with Crippen LogP contribution in [0.25, 0.3) is 0 Å². The molecule has 0 radical (unpaired) electrons. The number of halogens is 4. The average Bonchev–Trinajstić information content (AvgIpc) is 2.45. The van der Waals surface area contributed by atoms with Crippen LogP contribution in [0, 0.1) is 11.3 Å². The van der Waals surface area contributed by atoms with Crippen LogP contribution in [0.15, 0.2) is 41.0 Å². The van der Waals surface area contributed by atoms with Gasteiger partial charge in [-0.15, -0.1) is 0 Å². The summed E-state index contributed by atoms with van der Waals surface area (Å²) < 4.78 is 38.6. The van der Waals surface area contributed by atoms with Gasteiger partial charge in [0.15, 0.2) is 0 Å². The van der Waals surface area contributed by atoms with E-state index in [1.807, 2.05) is 6.07 Å². The molecule has 3 nitrogen and oxygen atoms in total. The number of rotatable bonds is 3. The van der Waals surface area contributed by atoms with E-state index in [2.05, 4.69) is 26.2 Å². The van der Waals surface area contributed by atoms with E-state index in [-0.39, 0.29) is 5.56 Å². The average molecular weight is 356 g/mol. The molecule has 0 saturated heterocycles. The predicted molar refractivity (Wildman–Crippen MR) is 75.4 cm³/mol. The molecule has 21 heavy (non-hydrogen) atoms. The summed E-state index contributed by atoms with van der Waals surface area (Å²) >= 11 is 3.26. The van der Waals surface area contributed by atoms with Crippen molar-refractivity contribution >= 4 is 21.6 Å². The molecule has 108 valence electrons. The van der Waals surface area contributed by atoms with Crippen molar-refractivity contribution in [3.8, 4) is 6.07 Å². The molecule has 0 fully saturated rings. The van der Waals surface area contributed by atoms with E-state index >= 15 is 0 Å². The lowest BCUT2D eigenvalue weighted by Crippen LogP contribution is -2.07. The lowest BCUT2D eigenvalue weighted by molar-refractivity contribution is -0.137. The van der Waals surface area contributed by atoms with E-state index < -0.39 is 11.7 Å². The second kappa shape index (κ2) is 6.14. The molecule has 0 aliphatic heterocycles. The molecule has 1 heterocycles. The zero-order chi connectivity index (χ0) is 15.5. The smallest absolute Gasteiger partial charge is 0.378 e. The van der Waals surface area contributed by atoms with Gasteiger partial charge < -0.3 is 5.32 Å². The molecular formula is C14H9BrF3N3. The van der Waals surface area contributed by atoms with Crippen LogP contribution in [0.2, 0.25) is 0 Å². The van der Waals surface area contributed by atoms with Crippen molar-refractivity contribution in [3.63, 3.8) is 0 Å². The molecule has 2 aromatic rings. The molecule has 0 unspecified atom stereocenters. The second-order valence-corrected chi connectivity index (χ2v) is 5.11. The number of pyridine rings is 1. The number of nitrogens with zero attached hydrogens (tertiary/aromatic N) is 2. The van der Waals surface area contributed by atoms with E-state index in [4.69, 9.17) is 5.26 Å². The van der Waals surface area contributed by atoms with Crippen molar-refractivity contribution in [2.24, 2.45) is 0 Å². The Balaban J connectivity index is 2.17. The molecule has 0 spiro atoms. The van der Waals surface area contributed by atoms with Crippen LogP contribution in [-0.2, 0) is 12.7 Å². The fourth-order valence-electron chi connectivity index (χ4n) is 1.66. The van der Waals surface area contributed by atoms with Gasteiger partial charge in [0.1, 0.15) is 6.07 Å². The Hall–Kier alpha value is -2.07. The van der Waals surface area contributed by atoms with E-state index in [1.165, 1.54) is 6.07 Å². The number of aromatic nitrogens is 1. The molecule has 1 N–H and O–H groups in total. The van der Waals surface area contributed by atoms with Crippen molar-refractivity contribution in [3.05, 3.63) is 57.8 Å². The third kappa shape index (κ3) is 3.95. The highest BCUT2D eigenvalue weighted by atomic mass is 79.9. The lowest BCUT2D eigenvalue weighted by Gasteiger charge is -2.11. The van der Waals surface area contributed by atoms with Gasteiger partial charge in [-0.25, -0.2) is 0 Å². The minimum atomic E-state index is -4.46. The van der Waals surface area contributed by atoms with Crippen LogP contribution in [-0.4, -0.2) is 4.98 Å². The first kappa shape index (κ1) is 15.3. The number of hydrogen-bond donors (Lipinski definition) is 1. The fourth-order valence-corrected chi connectivity index (χ4v) is 1.90. The van der Waals surface area contributed by atoms with Crippen molar-refractivity contribution in [2.75, 3.05) is 5.32 Å². The van der Waals surface area contributed by atoms with Crippen LogP contribution in [0.5, 0.6) is 0 Å². The first-order chi connectivity index (χ1) is 9.90. The molecule has 0 aliphatic carbocycles. The lowest BCUT2D eigenvalue weighted by atomic mass is 10.1. The van der Waals surface area contributed by atoms with Gasteiger partial charge in [0.25, 0.3) is 0 Å². The number of nitriles is 1. The number of nitrogens with one attached hydrogen (secondary N) is 1. The highest BCUT2D eigenvalue weighted by molar-refractivity contribution is 9.10. The van der Waals surface area contributed by atoms with Crippen molar-refractivity contribution in [1.82, 2.24) is 4.98 Å². The predicted octanol–water partition coefficient (Wildman–Crippen LogP) is 4.35. The number of benzene rings is 1. The molecule has 0 amide bonds. The zero-order valence-corrected chi connectivity index (χ0v) is 12.2. The quantitative estimate of drug-likeness (QED) is 0.890. The summed E-state index contributed by atoms with van der Waals surface area (Å²) in [6.07, 6.45) is -2.84. The summed E-state index contributed by atoms with van der Waals surface area (Å²) in [4.78, 5) is 4.13. The second-order valence-electron chi connectivity index (χ2n) is 4.19. The SMILES string of the molecule is N#Cc1cc(C(F)(F)F)ccc1NCc1ccc(Br)cn1. The van der Waals surface area contributed by atoms with Gasteiger partial charge in [0, 0.05) is 10.7 Å². The van der Waals surface area contributed by atoms with Gasteiger partial charge in [-0.05, 0) is 46.3 Å². The summed E-state index contributed by atoms with van der Waals surface area (Å²) in [5, 5.41) is 11.9. The first-order valence-corrected chi connectivity index (χ1v) is 6.65. The van der Waals surface area contributed by atoms with Crippen LogP contribution in [0.1, 0.15) is 16.8 Å². The van der Waals surface area contributed by atoms with Crippen LogP contribution < -0.4 is 5.32 Å². The van der Waals surface area contributed by atoms with Crippen LogP contribution in [0.3, 0.4) is 0 Å². The molecule has 0 atom stereocenters. The molecule has 2 rings (SSSR count). The number of hydrogen-bond acceptors (Lipinski definition) is 3. The zero-order valence-electron chi connectivity index (χ0n) is 10.6. The van der Waals surface area contributed by atoms with Crippen LogP contribution in [0.4, 0.5) is 18.9 Å². The maximum atomic E-state index is 12.6. The van der Waals surface area contributed by atoms with E-state index in [0.717, 1.165) is 16.6 Å². The molecule has 7 heteroatoms. The molecule has 1 aromatic carbocycles. The monoisotopic (exact) mass is 355 g/mol. The highest BCUT2D eigenvalue weighted by Gasteiger charge is 2.31. The van der Waals surface area contributed by atoms with E-state index in [9.17, 15) is 13.2 Å². The summed E-state index contributed by atoms with van der Waals surface area (Å²) in [6.45, 7) is 0.313. The van der Waals surface area contributed by atoms with E-state index in [1.54, 1.807) is 18.3 Å². The summed E-state index contributed by atoms with van der Waals surface area (Å²) in [5.41, 5.74) is 0.158. The van der Waals surface area contributed by atoms with Crippen molar-refractivity contribution in [2.45, 2.75) is 12.7 Å². The molecule has 0 bridgehead atoms. The number of anilines is 1. The summed E-state index contributed by atoms with van der Waals surface area (Å²) in [7, 11) is 0. The van der Waals surface area contributed by atoms with Gasteiger partial charge in [-0.2, -0.15) is 18.4 Å². The Labute approximate surface area is 127 Å². The summed E-state index contributed by atoms with van der Waals surface area (Å²) in [6, 6.07) is 8.37. The largest absolute Gasteiger partial charge is 0.416 e. The minimum absolute atomic E-state index is 0.0538. The number of alkyl halides is 3. The topological polar surface area (TPSA) is 48.7 Å². The molecule has 0 saturated carbocycles. The van der Waals surface area contributed by atoms with Crippen LogP contribution >= 0.6 is 15.9 Å². The van der Waals surface area contributed by atoms with Gasteiger partial charge in [-0.3, -0.25) is 4.98 Å². The minimum Gasteiger partial charge on any atom is -0.378 e. The Morgan fingerprint density at radius 2 is 2.00 bits per heavy atom. The fraction of sp³-hybridized carbons (Fsp3) is 0.143. The Bertz CT molecular complexity index is 675. The first-order valence-electron chi connectivity index (χ1n) is 5.86. The normalized spacial score (nSPS) is 11.0. The maximum Gasteiger partial charge on any atom is 0.416 e. The van der Waals surface area contributed by atoms with Gasteiger partial charge >= 0.3 is 6.18 Å². The summed E-state index contributed by atoms with van der Waals surface area (Å²) in [5.74, 6) is 0. The van der Waals surface area contributed by atoms with Gasteiger partial charge in [0.05, 0.1) is 29.1 Å². The third-order valence-electron chi connectivity index (χ3n) is 2.72. The van der Waals surface area contributed by atoms with Crippen molar-refractivity contribution < 1.29 is 13.2 Å². The Morgan fingerprint density at radius 3 is 2.57 bits per heavy atom. The molecular weight excluding hydrogens is 347 g/mol. The molecule has 0 aliphatic rings. The van der Waals surface area contributed by atoms with Crippen molar-refractivity contribution in [1.29, 1.82) is 5.26 Å². The third-order valence-corrected chi connectivity index (χ3v) is 3.19.